The van der Waals surface area contributed by atoms with E-state index in [9.17, 15) is 4.79 Å². The Morgan fingerprint density at radius 2 is 2.32 bits per heavy atom. The smallest absolute Gasteiger partial charge is 0.251 e. The Kier molecular flexibility index (Phi) is 4.67. The van der Waals surface area contributed by atoms with Gasteiger partial charge in [-0.25, -0.2) is 0 Å². The number of hydrogen-bond acceptors (Lipinski definition) is 3. The highest BCUT2D eigenvalue weighted by atomic mass is 16.5. The standard InChI is InChI=1S/C18H26N2O2/c1-13(2)20-8-3-4-14(12-20)11-19-18(21)16-5-6-17-15(10-16)7-9-22-17/h5-6,10,13-14H,3-4,7-9,11-12H2,1-2H3,(H,19,21). The van der Waals surface area contributed by atoms with E-state index in [0.717, 1.165) is 43.0 Å². The zero-order chi connectivity index (χ0) is 15.5. The molecule has 1 fully saturated rings. The van der Waals surface area contributed by atoms with Crippen LogP contribution in [0.2, 0.25) is 0 Å². The van der Waals surface area contributed by atoms with E-state index < -0.39 is 0 Å². The van der Waals surface area contributed by atoms with Gasteiger partial charge in [-0.3, -0.25) is 4.79 Å². The molecule has 4 heteroatoms. The summed E-state index contributed by atoms with van der Waals surface area (Å²) in [6.07, 6.45) is 3.35. The lowest BCUT2D eigenvalue weighted by atomic mass is 9.97. The van der Waals surface area contributed by atoms with Gasteiger partial charge in [0.05, 0.1) is 6.61 Å². The fraction of sp³-hybridized carbons (Fsp3) is 0.611. The van der Waals surface area contributed by atoms with Gasteiger partial charge in [0.25, 0.3) is 5.91 Å². The summed E-state index contributed by atoms with van der Waals surface area (Å²) >= 11 is 0. The molecule has 2 aliphatic heterocycles. The largest absolute Gasteiger partial charge is 0.493 e. The fourth-order valence-corrected chi connectivity index (χ4v) is 3.40. The molecule has 1 aromatic carbocycles. The Morgan fingerprint density at radius 3 is 3.14 bits per heavy atom. The molecule has 0 saturated carbocycles. The van der Waals surface area contributed by atoms with Crippen molar-refractivity contribution in [2.75, 3.05) is 26.2 Å². The number of carbonyl (C=O) groups excluding carboxylic acids is 1. The SMILES string of the molecule is CC(C)N1CCCC(CNC(=O)c2ccc3c(c2)CCO3)C1. The highest BCUT2D eigenvalue weighted by Crippen LogP contribution is 2.26. The molecule has 2 aliphatic rings. The number of likely N-dealkylation sites (tertiary alicyclic amines) is 1. The molecule has 4 nitrogen and oxygen atoms in total. The number of hydrogen-bond donors (Lipinski definition) is 1. The number of ether oxygens (including phenoxy) is 1. The van der Waals surface area contributed by atoms with Crippen molar-refractivity contribution in [2.24, 2.45) is 5.92 Å². The molecule has 0 aliphatic carbocycles. The van der Waals surface area contributed by atoms with Gasteiger partial charge in [-0.05, 0) is 62.9 Å². The van der Waals surface area contributed by atoms with Crippen LogP contribution in [0.3, 0.4) is 0 Å². The van der Waals surface area contributed by atoms with E-state index in [0.29, 0.717) is 12.0 Å². The topological polar surface area (TPSA) is 41.6 Å². The van der Waals surface area contributed by atoms with Crippen LogP contribution < -0.4 is 10.1 Å². The van der Waals surface area contributed by atoms with Crippen molar-refractivity contribution in [3.05, 3.63) is 29.3 Å². The van der Waals surface area contributed by atoms with Crippen molar-refractivity contribution < 1.29 is 9.53 Å². The number of nitrogens with zero attached hydrogens (tertiary/aromatic N) is 1. The van der Waals surface area contributed by atoms with Crippen molar-refractivity contribution in [3.8, 4) is 5.75 Å². The summed E-state index contributed by atoms with van der Waals surface area (Å²) in [7, 11) is 0. The predicted octanol–water partition coefficient (Wildman–Crippen LogP) is 2.47. The molecule has 1 amide bonds. The molecule has 1 unspecified atom stereocenters. The van der Waals surface area contributed by atoms with E-state index in [1.807, 2.05) is 18.2 Å². The average Bonchev–Trinajstić information content (AvgIpc) is 3.00. The Balaban J connectivity index is 1.54. The number of piperidine rings is 1. The van der Waals surface area contributed by atoms with E-state index in [-0.39, 0.29) is 5.91 Å². The van der Waals surface area contributed by atoms with E-state index in [1.165, 1.54) is 19.4 Å². The van der Waals surface area contributed by atoms with Gasteiger partial charge < -0.3 is 15.0 Å². The number of rotatable bonds is 4. The fourth-order valence-electron chi connectivity index (χ4n) is 3.40. The molecule has 1 N–H and O–H groups in total. The van der Waals surface area contributed by atoms with Crippen LogP contribution in [-0.4, -0.2) is 43.1 Å². The van der Waals surface area contributed by atoms with Crippen LogP contribution in [0.5, 0.6) is 5.75 Å². The molecule has 0 spiro atoms. The molecule has 3 rings (SSSR count). The van der Waals surface area contributed by atoms with Gasteiger partial charge >= 0.3 is 0 Å². The van der Waals surface area contributed by atoms with Gasteiger partial charge in [0.2, 0.25) is 0 Å². The number of amides is 1. The second-order valence-corrected chi connectivity index (χ2v) is 6.73. The monoisotopic (exact) mass is 302 g/mol. The van der Waals surface area contributed by atoms with Gasteiger partial charge in [-0.1, -0.05) is 0 Å². The maximum Gasteiger partial charge on any atom is 0.251 e. The second kappa shape index (κ2) is 6.69. The summed E-state index contributed by atoms with van der Waals surface area (Å²) < 4.78 is 5.49. The molecule has 1 aromatic rings. The van der Waals surface area contributed by atoms with Crippen molar-refractivity contribution in [1.82, 2.24) is 10.2 Å². The lowest BCUT2D eigenvalue weighted by Crippen LogP contribution is -2.43. The predicted molar refractivity (Wildman–Crippen MR) is 87.4 cm³/mol. The molecular weight excluding hydrogens is 276 g/mol. The zero-order valence-electron chi connectivity index (χ0n) is 13.6. The molecule has 2 heterocycles. The minimum atomic E-state index is 0.0383. The van der Waals surface area contributed by atoms with Gasteiger partial charge in [-0.2, -0.15) is 0 Å². The summed E-state index contributed by atoms with van der Waals surface area (Å²) in [5.41, 5.74) is 1.90. The van der Waals surface area contributed by atoms with Gasteiger partial charge in [0, 0.05) is 31.1 Å². The molecule has 0 radical (unpaired) electrons. The third-order valence-electron chi connectivity index (χ3n) is 4.78. The molecular formula is C18H26N2O2. The summed E-state index contributed by atoms with van der Waals surface area (Å²) in [5, 5.41) is 3.11. The Hall–Kier alpha value is -1.55. The van der Waals surface area contributed by atoms with Crippen LogP contribution >= 0.6 is 0 Å². The second-order valence-electron chi connectivity index (χ2n) is 6.73. The van der Waals surface area contributed by atoms with E-state index in [2.05, 4.69) is 24.1 Å². The molecule has 0 aromatic heterocycles. The van der Waals surface area contributed by atoms with Crippen molar-refractivity contribution in [3.63, 3.8) is 0 Å². The highest BCUT2D eigenvalue weighted by molar-refractivity contribution is 5.94. The van der Waals surface area contributed by atoms with Crippen LogP contribution in [0.4, 0.5) is 0 Å². The molecule has 1 saturated heterocycles. The highest BCUT2D eigenvalue weighted by Gasteiger charge is 2.22. The first-order valence-corrected chi connectivity index (χ1v) is 8.41. The lowest BCUT2D eigenvalue weighted by Gasteiger charge is -2.35. The lowest BCUT2D eigenvalue weighted by molar-refractivity contribution is 0.0922. The van der Waals surface area contributed by atoms with Crippen LogP contribution in [-0.2, 0) is 6.42 Å². The molecule has 120 valence electrons. The normalized spacial score (nSPS) is 21.5. The van der Waals surface area contributed by atoms with Gasteiger partial charge in [0.15, 0.2) is 0 Å². The van der Waals surface area contributed by atoms with Crippen LogP contribution in [0.1, 0.15) is 42.6 Å². The van der Waals surface area contributed by atoms with Crippen LogP contribution in [0.15, 0.2) is 18.2 Å². The first-order chi connectivity index (χ1) is 10.6. The van der Waals surface area contributed by atoms with Gasteiger partial charge in [-0.15, -0.1) is 0 Å². The maximum atomic E-state index is 12.3. The summed E-state index contributed by atoms with van der Waals surface area (Å²) in [5.74, 6) is 1.53. The molecule has 1 atom stereocenters. The van der Waals surface area contributed by atoms with Crippen LogP contribution in [0.25, 0.3) is 0 Å². The van der Waals surface area contributed by atoms with Crippen molar-refractivity contribution in [2.45, 2.75) is 39.2 Å². The summed E-state index contributed by atoms with van der Waals surface area (Å²) in [4.78, 5) is 14.8. The average molecular weight is 302 g/mol. The van der Waals surface area contributed by atoms with Crippen LogP contribution in [0, 0.1) is 5.92 Å². The van der Waals surface area contributed by atoms with E-state index in [1.54, 1.807) is 0 Å². The zero-order valence-corrected chi connectivity index (χ0v) is 13.6. The van der Waals surface area contributed by atoms with Crippen molar-refractivity contribution in [1.29, 1.82) is 0 Å². The molecule has 0 bridgehead atoms. The number of benzene rings is 1. The third kappa shape index (κ3) is 3.43. The van der Waals surface area contributed by atoms with E-state index in [4.69, 9.17) is 4.74 Å². The summed E-state index contributed by atoms with van der Waals surface area (Å²) in [6, 6.07) is 6.34. The molecule has 22 heavy (non-hydrogen) atoms. The minimum Gasteiger partial charge on any atom is -0.493 e. The first kappa shape index (κ1) is 15.3. The summed E-state index contributed by atoms with van der Waals surface area (Å²) in [6.45, 7) is 8.27. The number of carbonyl (C=O) groups is 1. The van der Waals surface area contributed by atoms with Crippen molar-refractivity contribution >= 4 is 5.91 Å². The van der Waals surface area contributed by atoms with Gasteiger partial charge in [0.1, 0.15) is 5.75 Å². The number of nitrogens with one attached hydrogen (secondary N) is 1. The Morgan fingerprint density at radius 1 is 1.45 bits per heavy atom. The van der Waals surface area contributed by atoms with E-state index >= 15 is 0 Å². The number of fused-ring (bicyclic) bond motifs is 1. The quantitative estimate of drug-likeness (QED) is 0.929. The maximum absolute atomic E-state index is 12.3. The first-order valence-electron chi connectivity index (χ1n) is 8.41. The third-order valence-corrected chi connectivity index (χ3v) is 4.78. The Labute approximate surface area is 132 Å². The minimum absolute atomic E-state index is 0.0383. The Bertz CT molecular complexity index is 542.